The summed E-state index contributed by atoms with van der Waals surface area (Å²) in [5.41, 5.74) is 2.64. The number of carbonyl (C=O) groups is 1. The van der Waals surface area contributed by atoms with Crippen molar-refractivity contribution in [1.29, 1.82) is 0 Å². The van der Waals surface area contributed by atoms with Crippen LogP contribution in [-0.2, 0) is 17.7 Å². The Hall–Kier alpha value is -1.59. The highest BCUT2D eigenvalue weighted by molar-refractivity contribution is 5.91. The summed E-state index contributed by atoms with van der Waals surface area (Å²) in [6.45, 7) is 7.13. The standard InChI is InChI=1S/C18H26N2O3/c1-17(2,3)23-16(22)20-10-7-13-5-4-6-14(15(13)20)11-19-18(12-21)8-9-18/h4-6,19,21H,7-12H2,1-3H3. The Bertz CT molecular complexity index is 603. The summed E-state index contributed by atoms with van der Waals surface area (Å²) in [5.74, 6) is 0. The minimum absolute atomic E-state index is 0.113. The van der Waals surface area contributed by atoms with Gasteiger partial charge in [-0.2, -0.15) is 0 Å². The summed E-state index contributed by atoms with van der Waals surface area (Å²) in [6, 6.07) is 6.15. The molecular formula is C18H26N2O3. The lowest BCUT2D eigenvalue weighted by Gasteiger charge is -2.26. The van der Waals surface area contributed by atoms with E-state index in [0.717, 1.165) is 30.5 Å². The third-order valence-corrected chi connectivity index (χ3v) is 4.50. The predicted octanol–water partition coefficient (Wildman–Crippen LogP) is 2.60. The molecule has 23 heavy (non-hydrogen) atoms. The molecule has 0 spiro atoms. The SMILES string of the molecule is CC(C)(C)OC(=O)N1CCc2cccc(CNC3(CO)CC3)c21. The summed E-state index contributed by atoms with van der Waals surface area (Å²) in [4.78, 5) is 14.2. The number of anilines is 1. The van der Waals surface area contributed by atoms with Gasteiger partial charge in [0.1, 0.15) is 5.60 Å². The maximum absolute atomic E-state index is 12.5. The van der Waals surface area contributed by atoms with Gasteiger partial charge in [0.25, 0.3) is 0 Å². The highest BCUT2D eigenvalue weighted by Gasteiger charge is 2.41. The number of para-hydroxylation sites is 1. The van der Waals surface area contributed by atoms with E-state index in [0.29, 0.717) is 13.1 Å². The van der Waals surface area contributed by atoms with Crippen molar-refractivity contribution < 1.29 is 14.6 Å². The number of hydrogen-bond acceptors (Lipinski definition) is 4. The van der Waals surface area contributed by atoms with E-state index in [1.165, 1.54) is 5.56 Å². The number of rotatable bonds is 4. The molecule has 0 unspecified atom stereocenters. The third-order valence-electron chi connectivity index (χ3n) is 4.50. The minimum Gasteiger partial charge on any atom is -0.443 e. The van der Waals surface area contributed by atoms with Crippen molar-refractivity contribution in [3.05, 3.63) is 29.3 Å². The molecule has 1 fully saturated rings. The van der Waals surface area contributed by atoms with Crippen LogP contribution in [0.4, 0.5) is 10.5 Å². The fourth-order valence-electron chi connectivity index (χ4n) is 3.00. The Morgan fingerprint density at radius 2 is 2.13 bits per heavy atom. The predicted molar refractivity (Wildman–Crippen MR) is 89.6 cm³/mol. The van der Waals surface area contributed by atoms with Gasteiger partial charge in [-0.05, 0) is 51.2 Å². The van der Waals surface area contributed by atoms with E-state index in [1.807, 2.05) is 32.9 Å². The first-order valence-corrected chi connectivity index (χ1v) is 8.31. The first-order chi connectivity index (χ1) is 10.8. The smallest absolute Gasteiger partial charge is 0.414 e. The molecule has 1 heterocycles. The maximum atomic E-state index is 12.5. The van der Waals surface area contributed by atoms with Crippen molar-refractivity contribution >= 4 is 11.8 Å². The average molecular weight is 318 g/mol. The Morgan fingerprint density at radius 1 is 1.39 bits per heavy atom. The fraction of sp³-hybridized carbons (Fsp3) is 0.611. The summed E-state index contributed by atoms with van der Waals surface area (Å²) in [5, 5.41) is 12.9. The number of carbonyl (C=O) groups excluding carboxylic acids is 1. The molecule has 126 valence electrons. The van der Waals surface area contributed by atoms with Crippen LogP contribution in [0.15, 0.2) is 18.2 Å². The van der Waals surface area contributed by atoms with Crippen molar-refractivity contribution in [3.8, 4) is 0 Å². The van der Waals surface area contributed by atoms with E-state index in [2.05, 4.69) is 11.4 Å². The second-order valence-corrected chi connectivity index (χ2v) is 7.60. The van der Waals surface area contributed by atoms with Gasteiger partial charge < -0.3 is 15.2 Å². The second-order valence-electron chi connectivity index (χ2n) is 7.60. The Kier molecular flexibility index (Phi) is 4.10. The van der Waals surface area contributed by atoms with Gasteiger partial charge >= 0.3 is 6.09 Å². The van der Waals surface area contributed by atoms with Crippen molar-refractivity contribution in [2.45, 2.75) is 57.7 Å². The van der Waals surface area contributed by atoms with Gasteiger partial charge in [0.05, 0.1) is 12.3 Å². The van der Waals surface area contributed by atoms with Gasteiger partial charge in [-0.25, -0.2) is 4.79 Å². The number of nitrogens with zero attached hydrogens (tertiary/aromatic N) is 1. The number of fused-ring (bicyclic) bond motifs is 1. The molecule has 1 aliphatic carbocycles. The van der Waals surface area contributed by atoms with Crippen LogP contribution in [0.5, 0.6) is 0 Å². The average Bonchev–Trinajstić information content (AvgIpc) is 3.13. The summed E-state index contributed by atoms with van der Waals surface area (Å²) in [6.07, 6.45) is 2.59. The Balaban J connectivity index is 1.78. The first kappa shape index (κ1) is 16.3. The van der Waals surface area contributed by atoms with Gasteiger partial charge in [-0.1, -0.05) is 18.2 Å². The van der Waals surface area contributed by atoms with Gasteiger partial charge in [0.15, 0.2) is 0 Å². The lowest BCUT2D eigenvalue weighted by atomic mass is 10.1. The number of amides is 1. The Morgan fingerprint density at radius 3 is 2.74 bits per heavy atom. The van der Waals surface area contributed by atoms with Crippen LogP contribution in [0.25, 0.3) is 0 Å². The quantitative estimate of drug-likeness (QED) is 0.896. The molecule has 0 aromatic heterocycles. The van der Waals surface area contributed by atoms with E-state index in [-0.39, 0.29) is 18.2 Å². The summed E-state index contributed by atoms with van der Waals surface area (Å²) in [7, 11) is 0. The van der Waals surface area contributed by atoms with E-state index in [1.54, 1.807) is 4.90 Å². The number of aliphatic hydroxyl groups excluding tert-OH is 1. The maximum Gasteiger partial charge on any atom is 0.414 e. The molecule has 1 aromatic carbocycles. The number of ether oxygens (including phenoxy) is 1. The topological polar surface area (TPSA) is 61.8 Å². The van der Waals surface area contributed by atoms with E-state index in [4.69, 9.17) is 4.74 Å². The van der Waals surface area contributed by atoms with Crippen LogP contribution in [0.2, 0.25) is 0 Å². The molecule has 1 aromatic rings. The van der Waals surface area contributed by atoms with Crippen molar-refractivity contribution in [1.82, 2.24) is 5.32 Å². The lowest BCUT2D eigenvalue weighted by Crippen LogP contribution is -2.37. The molecule has 0 saturated heterocycles. The molecule has 0 atom stereocenters. The third kappa shape index (κ3) is 3.51. The minimum atomic E-state index is -0.498. The zero-order valence-corrected chi connectivity index (χ0v) is 14.2. The molecule has 3 rings (SSSR count). The van der Waals surface area contributed by atoms with Crippen molar-refractivity contribution in [2.75, 3.05) is 18.1 Å². The molecule has 0 bridgehead atoms. The number of hydrogen-bond donors (Lipinski definition) is 2. The lowest BCUT2D eigenvalue weighted by molar-refractivity contribution is 0.0583. The van der Waals surface area contributed by atoms with E-state index >= 15 is 0 Å². The molecule has 0 radical (unpaired) electrons. The van der Waals surface area contributed by atoms with E-state index in [9.17, 15) is 9.90 Å². The van der Waals surface area contributed by atoms with Crippen molar-refractivity contribution in [3.63, 3.8) is 0 Å². The molecular weight excluding hydrogens is 292 g/mol. The Labute approximate surface area is 137 Å². The summed E-state index contributed by atoms with van der Waals surface area (Å²) >= 11 is 0. The van der Waals surface area contributed by atoms with Gasteiger partial charge in [0, 0.05) is 18.6 Å². The summed E-state index contributed by atoms with van der Waals surface area (Å²) < 4.78 is 5.54. The molecule has 5 nitrogen and oxygen atoms in total. The van der Waals surface area contributed by atoms with Crippen LogP contribution >= 0.6 is 0 Å². The van der Waals surface area contributed by atoms with Crippen LogP contribution in [-0.4, -0.2) is 35.5 Å². The second kappa shape index (κ2) is 5.80. The monoisotopic (exact) mass is 318 g/mol. The van der Waals surface area contributed by atoms with Gasteiger partial charge in [0.2, 0.25) is 0 Å². The van der Waals surface area contributed by atoms with Gasteiger partial charge in [-0.15, -0.1) is 0 Å². The highest BCUT2D eigenvalue weighted by Crippen LogP contribution is 2.37. The zero-order valence-electron chi connectivity index (χ0n) is 14.2. The van der Waals surface area contributed by atoms with Gasteiger partial charge in [-0.3, -0.25) is 4.90 Å². The molecule has 2 N–H and O–H groups in total. The number of aliphatic hydroxyl groups is 1. The van der Waals surface area contributed by atoms with Crippen LogP contribution in [0.1, 0.15) is 44.7 Å². The zero-order chi connectivity index (χ0) is 16.7. The number of benzene rings is 1. The molecule has 1 amide bonds. The molecule has 1 aliphatic heterocycles. The van der Waals surface area contributed by atoms with Crippen LogP contribution in [0, 0.1) is 0 Å². The molecule has 2 aliphatic rings. The van der Waals surface area contributed by atoms with Crippen molar-refractivity contribution in [2.24, 2.45) is 0 Å². The molecule has 1 saturated carbocycles. The van der Waals surface area contributed by atoms with E-state index < -0.39 is 5.60 Å². The largest absolute Gasteiger partial charge is 0.443 e. The number of nitrogens with one attached hydrogen (secondary N) is 1. The molecule has 5 heteroatoms. The fourth-order valence-corrected chi connectivity index (χ4v) is 3.00. The van der Waals surface area contributed by atoms with Crippen LogP contribution in [0.3, 0.4) is 0 Å². The normalized spacial score (nSPS) is 18.7. The first-order valence-electron chi connectivity index (χ1n) is 8.31. The van der Waals surface area contributed by atoms with Crippen LogP contribution < -0.4 is 10.2 Å². The highest BCUT2D eigenvalue weighted by atomic mass is 16.6.